The standard InChI is InChI=1S/C15H13FN2O.ClH/c1-8-10-6-5-9(16)7-11(10)14-12(17)3-2-4-13(14)18-15(8)19;/h2-8H,17H2,1H3,(H,18,19);1H. The summed E-state index contributed by atoms with van der Waals surface area (Å²) in [5.41, 5.74) is 9.30. The highest BCUT2D eigenvalue weighted by Gasteiger charge is 2.26. The number of hydrogen-bond donors (Lipinski definition) is 2. The lowest BCUT2D eigenvalue weighted by atomic mass is 9.91. The molecule has 3 nitrogen and oxygen atoms in total. The van der Waals surface area contributed by atoms with Crippen LogP contribution in [0.4, 0.5) is 15.8 Å². The smallest absolute Gasteiger partial charge is 0.231 e. The Morgan fingerprint density at radius 2 is 2.00 bits per heavy atom. The third-order valence-electron chi connectivity index (χ3n) is 3.50. The minimum Gasteiger partial charge on any atom is -0.398 e. The first-order valence-corrected chi connectivity index (χ1v) is 6.07. The number of nitrogens with two attached hydrogens (primary N) is 1. The number of rotatable bonds is 0. The van der Waals surface area contributed by atoms with E-state index in [2.05, 4.69) is 5.32 Å². The molecule has 0 radical (unpaired) electrons. The van der Waals surface area contributed by atoms with Gasteiger partial charge in [-0.1, -0.05) is 12.1 Å². The first kappa shape index (κ1) is 14.3. The highest BCUT2D eigenvalue weighted by atomic mass is 35.5. The van der Waals surface area contributed by atoms with Crippen molar-refractivity contribution < 1.29 is 9.18 Å². The maximum atomic E-state index is 13.5. The van der Waals surface area contributed by atoms with Crippen LogP contribution in [0.1, 0.15) is 18.4 Å². The molecule has 1 amide bonds. The van der Waals surface area contributed by atoms with Crippen molar-refractivity contribution in [1.82, 2.24) is 0 Å². The first-order valence-electron chi connectivity index (χ1n) is 6.07. The third-order valence-corrected chi connectivity index (χ3v) is 3.50. The Morgan fingerprint density at radius 3 is 2.75 bits per heavy atom. The van der Waals surface area contributed by atoms with Crippen molar-refractivity contribution in [1.29, 1.82) is 0 Å². The summed E-state index contributed by atoms with van der Waals surface area (Å²) >= 11 is 0. The number of nitrogens with one attached hydrogen (secondary N) is 1. The van der Waals surface area contributed by atoms with Crippen molar-refractivity contribution in [2.45, 2.75) is 12.8 Å². The molecular formula is C15H14ClFN2O. The zero-order chi connectivity index (χ0) is 13.6. The normalized spacial score (nSPS) is 16.3. The largest absolute Gasteiger partial charge is 0.398 e. The molecule has 0 spiro atoms. The molecule has 0 bridgehead atoms. The van der Waals surface area contributed by atoms with Gasteiger partial charge in [-0.25, -0.2) is 4.39 Å². The predicted molar refractivity (Wildman–Crippen MR) is 80.5 cm³/mol. The molecule has 0 aliphatic carbocycles. The van der Waals surface area contributed by atoms with Gasteiger partial charge in [0.15, 0.2) is 0 Å². The quantitative estimate of drug-likeness (QED) is 0.730. The molecule has 1 atom stereocenters. The van der Waals surface area contributed by atoms with E-state index in [1.807, 2.05) is 0 Å². The zero-order valence-corrected chi connectivity index (χ0v) is 11.6. The van der Waals surface area contributed by atoms with Gasteiger partial charge >= 0.3 is 0 Å². The van der Waals surface area contributed by atoms with Gasteiger partial charge in [0.1, 0.15) is 5.82 Å². The lowest BCUT2D eigenvalue weighted by molar-refractivity contribution is -0.117. The van der Waals surface area contributed by atoms with E-state index in [0.717, 1.165) is 5.56 Å². The van der Waals surface area contributed by atoms with Crippen LogP contribution in [0.25, 0.3) is 11.1 Å². The highest BCUT2D eigenvalue weighted by Crippen LogP contribution is 2.41. The van der Waals surface area contributed by atoms with Gasteiger partial charge in [-0.15, -0.1) is 12.4 Å². The van der Waals surface area contributed by atoms with Crippen molar-refractivity contribution in [2.24, 2.45) is 0 Å². The van der Waals surface area contributed by atoms with Crippen LogP contribution in [0.15, 0.2) is 36.4 Å². The number of amides is 1. The van der Waals surface area contributed by atoms with Gasteiger partial charge in [0.25, 0.3) is 0 Å². The summed E-state index contributed by atoms with van der Waals surface area (Å²) in [6.07, 6.45) is 0. The SMILES string of the molecule is CC1C(=O)Nc2cccc(N)c2-c2cc(F)ccc21.Cl. The fourth-order valence-corrected chi connectivity index (χ4v) is 2.48. The second kappa shape index (κ2) is 5.13. The van der Waals surface area contributed by atoms with Gasteiger partial charge in [-0.3, -0.25) is 4.79 Å². The van der Waals surface area contributed by atoms with Crippen LogP contribution in [-0.4, -0.2) is 5.91 Å². The molecule has 0 fully saturated rings. The fourth-order valence-electron chi connectivity index (χ4n) is 2.48. The summed E-state index contributed by atoms with van der Waals surface area (Å²) < 4.78 is 13.5. The number of halogens is 2. The zero-order valence-electron chi connectivity index (χ0n) is 10.8. The van der Waals surface area contributed by atoms with Crippen molar-refractivity contribution >= 4 is 29.7 Å². The lowest BCUT2D eigenvalue weighted by Crippen LogP contribution is -2.17. The Labute approximate surface area is 122 Å². The summed E-state index contributed by atoms with van der Waals surface area (Å²) in [5.74, 6) is -0.797. The van der Waals surface area contributed by atoms with E-state index in [4.69, 9.17) is 5.73 Å². The van der Waals surface area contributed by atoms with E-state index in [-0.39, 0.29) is 30.0 Å². The maximum absolute atomic E-state index is 13.5. The van der Waals surface area contributed by atoms with Crippen LogP contribution in [0, 0.1) is 5.82 Å². The molecule has 1 heterocycles. The minimum absolute atomic E-state index is 0. The van der Waals surface area contributed by atoms with E-state index in [1.54, 1.807) is 31.2 Å². The van der Waals surface area contributed by atoms with Gasteiger partial charge in [0.05, 0.1) is 11.6 Å². The molecular weight excluding hydrogens is 279 g/mol. The summed E-state index contributed by atoms with van der Waals surface area (Å²) in [7, 11) is 0. The molecule has 1 unspecified atom stereocenters. The summed E-state index contributed by atoms with van der Waals surface area (Å²) in [6.45, 7) is 1.80. The number of carbonyl (C=O) groups excluding carboxylic acids is 1. The Kier molecular flexibility index (Phi) is 3.68. The number of nitrogen functional groups attached to an aromatic ring is 1. The molecule has 3 rings (SSSR count). The minimum atomic E-state index is -0.345. The van der Waals surface area contributed by atoms with E-state index in [0.29, 0.717) is 22.5 Å². The molecule has 0 saturated carbocycles. The Bertz CT molecular complexity index is 688. The fraction of sp³-hybridized carbons (Fsp3) is 0.133. The van der Waals surface area contributed by atoms with Crippen molar-refractivity contribution in [3.05, 3.63) is 47.8 Å². The van der Waals surface area contributed by atoms with E-state index < -0.39 is 0 Å². The summed E-state index contributed by atoms with van der Waals surface area (Å²) in [5, 5.41) is 2.84. The van der Waals surface area contributed by atoms with Gasteiger partial charge in [-0.05, 0) is 42.3 Å². The van der Waals surface area contributed by atoms with Gasteiger partial charge in [0.2, 0.25) is 5.91 Å². The number of anilines is 2. The molecule has 104 valence electrons. The average molecular weight is 293 g/mol. The number of hydrogen-bond acceptors (Lipinski definition) is 2. The highest BCUT2D eigenvalue weighted by molar-refractivity contribution is 6.05. The monoisotopic (exact) mass is 292 g/mol. The van der Waals surface area contributed by atoms with Crippen LogP contribution in [-0.2, 0) is 4.79 Å². The van der Waals surface area contributed by atoms with Crippen LogP contribution in [0.5, 0.6) is 0 Å². The lowest BCUT2D eigenvalue weighted by Gasteiger charge is -2.12. The molecule has 0 aromatic heterocycles. The average Bonchev–Trinajstić information content (AvgIpc) is 2.47. The summed E-state index contributed by atoms with van der Waals surface area (Å²) in [6, 6.07) is 9.74. The van der Waals surface area contributed by atoms with Crippen molar-refractivity contribution in [3.8, 4) is 11.1 Å². The number of benzene rings is 2. The van der Waals surface area contributed by atoms with Gasteiger partial charge in [-0.2, -0.15) is 0 Å². The van der Waals surface area contributed by atoms with Gasteiger partial charge in [0, 0.05) is 11.3 Å². The summed E-state index contributed by atoms with van der Waals surface area (Å²) in [4.78, 5) is 12.1. The molecule has 0 saturated heterocycles. The molecule has 2 aromatic carbocycles. The molecule has 1 aliphatic rings. The number of fused-ring (bicyclic) bond motifs is 3. The van der Waals surface area contributed by atoms with Gasteiger partial charge < -0.3 is 11.1 Å². The molecule has 20 heavy (non-hydrogen) atoms. The van der Waals surface area contributed by atoms with Crippen LogP contribution in [0.3, 0.4) is 0 Å². The predicted octanol–water partition coefficient (Wildman–Crippen LogP) is 3.55. The van der Waals surface area contributed by atoms with Crippen LogP contribution in [0.2, 0.25) is 0 Å². The van der Waals surface area contributed by atoms with E-state index >= 15 is 0 Å². The molecule has 2 aromatic rings. The molecule has 3 N–H and O–H groups in total. The third kappa shape index (κ3) is 2.12. The first-order chi connectivity index (χ1) is 9.08. The van der Waals surface area contributed by atoms with Crippen LogP contribution >= 0.6 is 12.4 Å². The van der Waals surface area contributed by atoms with Crippen molar-refractivity contribution in [3.63, 3.8) is 0 Å². The second-order valence-corrected chi connectivity index (χ2v) is 4.71. The van der Waals surface area contributed by atoms with E-state index in [9.17, 15) is 9.18 Å². The Balaban J connectivity index is 0.00000147. The second-order valence-electron chi connectivity index (χ2n) is 4.71. The molecule has 1 aliphatic heterocycles. The number of carbonyl (C=O) groups is 1. The Hall–Kier alpha value is -2.07. The van der Waals surface area contributed by atoms with Crippen molar-refractivity contribution in [2.75, 3.05) is 11.1 Å². The molecule has 5 heteroatoms. The van der Waals surface area contributed by atoms with E-state index in [1.165, 1.54) is 12.1 Å². The van der Waals surface area contributed by atoms with Crippen LogP contribution < -0.4 is 11.1 Å². The maximum Gasteiger partial charge on any atom is 0.231 e. The Morgan fingerprint density at radius 1 is 1.25 bits per heavy atom. The topological polar surface area (TPSA) is 55.1 Å².